The number of rotatable bonds is 4. The van der Waals surface area contributed by atoms with E-state index in [1.165, 1.54) is 12.8 Å². The van der Waals surface area contributed by atoms with Crippen molar-refractivity contribution in [3.05, 3.63) is 29.0 Å². The van der Waals surface area contributed by atoms with E-state index in [9.17, 15) is 4.79 Å². The summed E-state index contributed by atoms with van der Waals surface area (Å²) in [4.78, 5) is 16.6. The molecule has 1 heterocycles. The molecule has 1 saturated carbocycles. The molecule has 1 aromatic carbocycles. The molecule has 1 aromatic heterocycles. The average molecular weight is 306 g/mol. The maximum absolute atomic E-state index is 12.3. The number of fused-ring (bicyclic) bond motifs is 1. The lowest BCUT2D eigenvalue weighted by Crippen LogP contribution is -2.33. The fourth-order valence-electron chi connectivity index (χ4n) is 2.71. The van der Waals surface area contributed by atoms with Crippen LogP contribution in [0.15, 0.2) is 18.2 Å². The van der Waals surface area contributed by atoms with Gasteiger partial charge in [0.05, 0.1) is 11.0 Å². The summed E-state index contributed by atoms with van der Waals surface area (Å²) in [5.74, 6) is 0.610. The zero-order valence-electron chi connectivity index (χ0n) is 12.6. The van der Waals surface area contributed by atoms with E-state index in [0.717, 1.165) is 11.0 Å². The maximum Gasteiger partial charge on any atom is 0.251 e. The number of halogens is 1. The molecule has 1 amide bonds. The van der Waals surface area contributed by atoms with Crippen molar-refractivity contribution in [1.29, 1.82) is 0 Å². The molecule has 1 N–H and O–H groups in total. The topological polar surface area (TPSA) is 46.9 Å². The van der Waals surface area contributed by atoms with Gasteiger partial charge in [-0.2, -0.15) is 0 Å². The number of nitrogens with zero attached hydrogens (tertiary/aromatic N) is 2. The van der Waals surface area contributed by atoms with Gasteiger partial charge in [0.1, 0.15) is 0 Å². The smallest absolute Gasteiger partial charge is 0.251 e. The number of imidazole rings is 1. The molecule has 3 rings (SSSR count). The summed E-state index contributed by atoms with van der Waals surface area (Å²) in [6.07, 6.45) is 2.43. The van der Waals surface area contributed by atoms with Crippen LogP contribution in [0.3, 0.4) is 0 Å². The summed E-state index contributed by atoms with van der Waals surface area (Å²) >= 11 is 6.18. The lowest BCUT2D eigenvalue weighted by atomic mass is 10.1. The van der Waals surface area contributed by atoms with Crippen molar-refractivity contribution in [2.75, 3.05) is 0 Å². The van der Waals surface area contributed by atoms with E-state index >= 15 is 0 Å². The number of hydrogen-bond donors (Lipinski definition) is 1. The van der Waals surface area contributed by atoms with E-state index in [1.807, 2.05) is 22.8 Å². The van der Waals surface area contributed by atoms with Crippen molar-refractivity contribution < 1.29 is 4.79 Å². The first-order valence-corrected chi connectivity index (χ1v) is 7.83. The Morgan fingerprint density at radius 1 is 1.38 bits per heavy atom. The molecule has 21 heavy (non-hydrogen) atoms. The second-order valence-corrected chi connectivity index (χ2v) is 6.49. The largest absolute Gasteiger partial charge is 0.349 e. The molecule has 112 valence electrons. The van der Waals surface area contributed by atoms with Crippen molar-refractivity contribution in [3.8, 4) is 0 Å². The summed E-state index contributed by atoms with van der Waals surface area (Å²) < 4.78 is 1.96. The van der Waals surface area contributed by atoms with Crippen LogP contribution in [0.4, 0.5) is 0 Å². The van der Waals surface area contributed by atoms with Crippen LogP contribution >= 0.6 is 11.6 Å². The minimum absolute atomic E-state index is 0.0356. The summed E-state index contributed by atoms with van der Waals surface area (Å²) in [6.45, 7) is 6.19. The molecule has 5 heteroatoms. The normalized spacial score (nSPS) is 16.4. The third-order valence-corrected chi connectivity index (χ3v) is 4.38. The van der Waals surface area contributed by atoms with Gasteiger partial charge in [-0.3, -0.25) is 4.79 Å². The molecule has 0 radical (unpaired) electrons. The van der Waals surface area contributed by atoms with Crippen molar-refractivity contribution in [2.45, 2.75) is 45.7 Å². The molecule has 1 aliphatic rings. The Kier molecular flexibility index (Phi) is 3.66. The van der Waals surface area contributed by atoms with Crippen LogP contribution in [-0.2, 0) is 0 Å². The number of aromatic nitrogens is 2. The predicted octanol–water partition coefficient (Wildman–Crippen LogP) is 3.80. The number of benzene rings is 1. The van der Waals surface area contributed by atoms with E-state index in [0.29, 0.717) is 16.8 Å². The molecule has 0 saturated heterocycles. The number of carbonyl (C=O) groups is 1. The lowest BCUT2D eigenvalue weighted by molar-refractivity contribution is 0.0936. The minimum Gasteiger partial charge on any atom is -0.349 e. The zero-order valence-corrected chi connectivity index (χ0v) is 13.3. The molecular weight excluding hydrogens is 286 g/mol. The average Bonchev–Trinajstić information content (AvgIpc) is 3.20. The van der Waals surface area contributed by atoms with Crippen LogP contribution < -0.4 is 5.32 Å². The molecule has 0 bridgehead atoms. The molecule has 1 unspecified atom stereocenters. The predicted molar refractivity (Wildman–Crippen MR) is 84.8 cm³/mol. The van der Waals surface area contributed by atoms with Gasteiger partial charge >= 0.3 is 0 Å². The van der Waals surface area contributed by atoms with Gasteiger partial charge in [0.15, 0.2) is 0 Å². The van der Waals surface area contributed by atoms with Gasteiger partial charge < -0.3 is 9.88 Å². The highest BCUT2D eigenvalue weighted by Crippen LogP contribution is 2.32. The summed E-state index contributed by atoms with van der Waals surface area (Å²) in [5, 5.41) is 3.52. The number of carbonyl (C=O) groups excluding carboxylic acids is 1. The van der Waals surface area contributed by atoms with Crippen molar-refractivity contribution >= 4 is 28.5 Å². The number of amides is 1. The Morgan fingerprint density at radius 2 is 2.10 bits per heavy atom. The molecule has 1 fully saturated rings. The van der Waals surface area contributed by atoms with Gasteiger partial charge in [0, 0.05) is 17.6 Å². The summed E-state index contributed by atoms with van der Waals surface area (Å²) in [5.41, 5.74) is 2.36. The zero-order chi connectivity index (χ0) is 15.1. The Labute approximate surface area is 129 Å². The second kappa shape index (κ2) is 5.34. The maximum atomic E-state index is 12.3. The first-order valence-electron chi connectivity index (χ1n) is 7.45. The Balaban J connectivity index is 1.88. The van der Waals surface area contributed by atoms with Gasteiger partial charge in [-0.05, 0) is 69.3 Å². The van der Waals surface area contributed by atoms with Crippen LogP contribution in [0.2, 0.25) is 5.28 Å². The van der Waals surface area contributed by atoms with E-state index in [4.69, 9.17) is 11.6 Å². The Bertz CT molecular complexity index is 688. The van der Waals surface area contributed by atoms with E-state index in [-0.39, 0.29) is 18.0 Å². The molecule has 0 aliphatic heterocycles. The third-order valence-electron chi connectivity index (χ3n) is 4.11. The molecule has 0 spiro atoms. The lowest BCUT2D eigenvalue weighted by Gasteiger charge is -2.13. The first-order chi connectivity index (χ1) is 9.97. The van der Waals surface area contributed by atoms with Crippen molar-refractivity contribution in [1.82, 2.24) is 14.9 Å². The third kappa shape index (κ3) is 2.77. The highest BCUT2D eigenvalue weighted by Gasteiger charge is 2.29. The molecule has 4 nitrogen and oxygen atoms in total. The van der Waals surface area contributed by atoms with Crippen LogP contribution in [0.1, 0.15) is 50.0 Å². The van der Waals surface area contributed by atoms with Crippen LogP contribution in [0.25, 0.3) is 11.0 Å². The fourth-order valence-corrected chi connectivity index (χ4v) is 3.08. The Morgan fingerprint density at radius 3 is 2.71 bits per heavy atom. The molecule has 2 aromatic rings. The minimum atomic E-state index is -0.0356. The van der Waals surface area contributed by atoms with Gasteiger partial charge in [-0.15, -0.1) is 0 Å². The van der Waals surface area contributed by atoms with Gasteiger partial charge in [0.2, 0.25) is 5.28 Å². The van der Waals surface area contributed by atoms with Crippen LogP contribution in [-0.4, -0.2) is 21.5 Å². The van der Waals surface area contributed by atoms with Crippen LogP contribution in [0, 0.1) is 5.92 Å². The monoisotopic (exact) mass is 305 g/mol. The second-order valence-electron chi connectivity index (χ2n) is 6.15. The Hall–Kier alpha value is -1.55. The quantitative estimate of drug-likeness (QED) is 0.934. The van der Waals surface area contributed by atoms with Crippen LogP contribution in [0.5, 0.6) is 0 Å². The SMILES string of the molecule is CC(NC(=O)c1ccc2c(c1)nc(Cl)n2C(C)C)C1CC1. The van der Waals surface area contributed by atoms with Gasteiger partial charge in [0.25, 0.3) is 5.91 Å². The highest BCUT2D eigenvalue weighted by atomic mass is 35.5. The first kappa shape index (κ1) is 14.4. The number of hydrogen-bond acceptors (Lipinski definition) is 2. The van der Waals surface area contributed by atoms with Crippen molar-refractivity contribution in [3.63, 3.8) is 0 Å². The van der Waals surface area contributed by atoms with E-state index in [2.05, 4.69) is 31.1 Å². The van der Waals surface area contributed by atoms with Crippen molar-refractivity contribution in [2.24, 2.45) is 5.92 Å². The fraction of sp³-hybridized carbons (Fsp3) is 0.500. The van der Waals surface area contributed by atoms with E-state index < -0.39 is 0 Å². The van der Waals surface area contributed by atoms with Gasteiger partial charge in [-0.25, -0.2) is 4.98 Å². The number of nitrogens with one attached hydrogen (secondary N) is 1. The molecule has 1 atom stereocenters. The standard InChI is InChI=1S/C16H20ClN3O/c1-9(2)20-14-7-6-12(8-13(14)19-16(20)17)15(21)18-10(3)11-4-5-11/h6-11H,4-5H2,1-3H3,(H,18,21). The molecular formula is C16H20ClN3O. The summed E-state index contributed by atoms with van der Waals surface area (Å²) in [7, 11) is 0. The van der Waals surface area contributed by atoms with Gasteiger partial charge in [-0.1, -0.05) is 0 Å². The highest BCUT2D eigenvalue weighted by molar-refractivity contribution is 6.29. The molecule has 1 aliphatic carbocycles. The summed E-state index contributed by atoms with van der Waals surface area (Å²) in [6, 6.07) is 6.05. The van der Waals surface area contributed by atoms with E-state index in [1.54, 1.807) is 0 Å².